The SMILES string of the molecule is CCCS(=O)(=O)Cc1c(F)ccc2c(OCc3ccccc3)c(CN(CC)CC)ccc12. The normalized spacial score (nSPS) is 11.9. The maximum Gasteiger partial charge on any atom is 0.154 e. The van der Waals surface area contributed by atoms with E-state index in [-0.39, 0.29) is 17.1 Å². The van der Waals surface area contributed by atoms with Gasteiger partial charge in [-0.05, 0) is 42.6 Å². The number of rotatable bonds is 11. The van der Waals surface area contributed by atoms with Crippen LogP contribution >= 0.6 is 0 Å². The summed E-state index contributed by atoms with van der Waals surface area (Å²) in [5.74, 6) is -0.0762. The second-order valence-corrected chi connectivity index (χ2v) is 10.2. The van der Waals surface area contributed by atoms with Crippen molar-refractivity contribution in [3.05, 3.63) is 77.1 Å². The number of hydrogen-bond donors (Lipinski definition) is 0. The van der Waals surface area contributed by atoms with Gasteiger partial charge < -0.3 is 4.74 Å². The number of benzene rings is 3. The van der Waals surface area contributed by atoms with E-state index in [0.717, 1.165) is 29.6 Å². The van der Waals surface area contributed by atoms with E-state index in [1.807, 2.05) is 49.4 Å². The van der Waals surface area contributed by atoms with Crippen LogP contribution in [0.25, 0.3) is 10.8 Å². The topological polar surface area (TPSA) is 46.6 Å². The molecule has 0 aromatic heterocycles. The molecule has 3 aromatic rings. The first-order chi connectivity index (χ1) is 15.4. The predicted octanol–water partition coefficient (Wildman–Crippen LogP) is 5.72. The zero-order valence-corrected chi connectivity index (χ0v) is 19.9. The van der Waals surface area contributed by atoms with Gasteiger partial charge in [0, 0.05) is 23.1 Å². The summed E-state index contributed by atoms with van der Waals surface area (Å²) in [4.78, 5) is 2.28. The molecular formula is C26H32FNO3S. The van der Waals surface area contributed by atoms with Gasteiger partial charge in [-0.15, -0.1) is 0 Å². The van der Waals surface area contributed by atoms with Gasteiger partial charge in [0.25, 0.3) is 0 Å². The fourth-order valence-electron chi connectivity index (χ4n) is 3.92. The fraction of sp³-hybridized carbons (Fsp3) is 0.385. The number of halogens is 1. The highest BCUT2D eigenvalue weighted by atomic mass is 32.2. The first-order valence-electron chi connectivity index (χ1n) is 11.2. The third-order valence-electron chi connectivity index (χ3n) is 5.68. The Morgan fingerprint density at radius 2 is 1.59 bits per heavy atom. The lowest BCUT2D eigenvalue weighted by atomic mass is 10.0. The van der Waals surface area contributed by atoms with E-state index in [1.54, 1.807) is 6.07 Å². The molecule has 0 heterocycles. The van der Waals surface area contributed by atoms with Gasteiger partial charge >= 0.3 is 0 Å². The van der Waals surface area contributed by atoms with Crippen LogP contribution in [0.5, 0.6) is 5.75 Å². The average molecular weight is 458 g/mol. The summed E-state index contributed by atoms with van der Waals surface area (Å²) in [6, 6.07) is 16.7. The summed E-state index contributed by atoms with van der Waals surface area (Å²) in [7, 11) is -3.39. The van der Waals surface area contributed by atoms with Crippen molar-refractivity contribution in [2.75, 3.05) is 18.8 Å². The van der Waals surface area contributed by atoms with Gasteiger partial charge in [0.1, 0.15) is 18.2 Å². The molecule has 3 rings (SSSR count). The van der Waals surface area contributed by atoms with Crippen molar-refractivity contribution in [3.63, 3.8) is 0 Å². The van der Waals surface area contributed by atoms with Crippen molar-refractivity contribution in [2.24, 2.45) is 0 Å². The highest BCUT2D eigenvalue weighted by Crippen LogP contribution is 2.35. The van der Waals surface area contributed by atoms with Crippen LogP contribution < -0.4 is 4.74 Å². The molecule has 0 N–H and O–H groups in total. The third-order valence-corrected chi connectivity index (χ3v) is 7.44. The Bertz CT molecular complexity index is 1140. The average Bonchev–Trinajstić information content (AvgIpc) is 2.78. The minimum atomic E-state index is -3.39. The van der Waals surface area contributed by atoms with Crippen molar-refractivity contribution in [3.8, 4) is 5.75 Å². The van der Waals surface area contributed by atoms with Crippen LogP contribution in [-0.2, 0) is 28.7 Å². The van der Waals surface area contributed by atoms with E-state index in [0.29, 0.717) is 30.7 Å². The van der Waals surface area contributed by atoms with Crippen LogP contribution in [0, 0.1) is 5.82 Å². The zero-order chi connectivity index (χ0) is 23.1. The summed E-state index contributed by atoms with van der Waals surface area (Å²) in [6.45, 7) is 8.92. The molecule has 0 saturated carbocycles. The van der Waals surface area contributed by atoms with Crippen molar-refractivity contribution in [2.45, 2.75) is 46.1 Å². The lowest BCUT2D eigenvalue weighted by Crippen LogP contribution is -2.22. The van der Waals surface area contributed by atoms with Gasteiger partial charge in [0.05, 0.1) is 11.5 Å². The molecule has 0 bridgehead atoms. The first-order valence-corrected chi connectivity index (χ1v) is 13.0. The molecule has 0 aliphatic heterocycles. The molecule has 0 spiro atoms. The molecule has 0 amide bonds. The molecular weight excluding hydrogens is 425 g/mol. The molecule has 0 fully saturated rings. The van der Waals surface area contributed by atoms with Gasteiger partial charge in [-0.1, -0.05) is 63.2 Å². The standard InChI is InChI=1S/C26H32FNO3S/c1-4-16-32(29,30)19-24-22-13-12-21(17-28(5-2)6-3)26(23(22)14-15-25(24)27)31-18-20-10-8-7-9-11-20/h7-15H,4-6,16-19H2,1-3H3. The van der Waals surface area contributed by atoms with Crippen LogP contribution in [0.15, 0.2) is 54.6 Å². The predicted molar refractivity (Wildman–Crippen MR) is 129 cm³/mol. The summed E-state index contributed by atoms with van der Waals surface area (Å²) in [6.07, 6.45) is 0.508. The number of ether oxygens (including phenoxy) is 1. The number of fused-ring (bicyclic) bond motifs is 1. The Morgan fingerprint density at radius 1 is 0.906 bits per heavy atom. The molecule has 0 aliphatic carbocycles. The summed E-state index contributed by atoms with van der Waals surface area (Å²) in [5.41, 5.74) is 2.26. The largest absolute Gasteiger partial charge is 0.488 e. The van der Waals surface area contributed by atoms with E-state index in [4.69, 9.17) is 4.74 Å². The summed E-state index contributed by atoms with van der Waals surface area (Å²) >= 11 is 0. The van der Waals surface area contributed by atoms with Crippen molar-refractivity contribution in [1.82, 2.24) is 4.90 Å². The van der Waals surface area contributed by atoms with E-state index in [1.165, 1.54) is 6.07 Å². The molecule has 6 heteroatoms. The lowest BCUT2D eigenvalue weighted by molar-refractivity contribution is 0.274. The number of sulfone groups is 1. The second-order valence-electron chi connectivity index (χ2n) is 8.00. The molecule has 0 atom stereocenters. The first kappa shape index (κ1) is 24.2. The Kier molecular flexibility index (Phi) is 8.26. The Morgan fingerprint density at radius 3 is 2.25 bits per heavy atom. The number of hydrogen-bond acceptors (Lipinski definition) is 4. The van der Waals surface area contributed by atoms with Crippen molar-refractivity contribution < 1.29 is 17.5 Å². The molecule has 0 saturated heterocycles. The molecule has 172 valence electrons. The Labute approximate surface area is 190 Å². The molecule has 0 unspecified atom stereocenters. The minimum Gasteiger partial charge on any atom is -0.488 e. The van der Waals surface area contributed by atoms with Crippen molar-refractivity contribution >= 4 is 20.6 Å². The summed E-state index contributed by atoms with van der Waals surface area (Å²) in [5, 5.41) is 1.34. The van der Waals surface area contributed by atoms with Gasteiger partial charge in [-0.25, -0.2) is 12.8 Å². The van der Waals surface area contributed by atoms with Crippen LogP contribution in [0.4, 0.5) is 4.39 Å². The second kappa shape index (κ2) is 10.9. The minimum absolute atomic E-state index is 0.0419. The van der Waals surface area contributed by atoms with Gasteiger partial charge in [0.2, 0.25) is 0 Å². The molecule has 32 heavy (non-hydrogen) atoms. The third kappa shape index (κ3) is 5.87. The zero-order valence-electron chi connectivity index (χ0n) is 19.1. The Balaban J connectivity index is 2.10. The van der Waals surface area contributed by atoms with E-state index < -0.39 is 15.7 Å². The van der Waals surface area contributed by atoms with Crippen LogP contribution in [0.1, 0.15) is 43.9 Å². The van der Waals surface area contributed by atoms with E-state index in [9.17, 15) is 12.8 Å². The fourth-order valence-corrected chi connectivity index (χ4v) is 5.42. The van der Waals surface area contributed by atoms with Gasteiger partial charge in [0.15, 0.2) is 9.84 Å². The van der Waals surface area contributed by atoms with Crippen LogP contribution in [0.2, 0.25) is 0 Å². The summed E-state index contributed by atoms with van der Waals surface area (Å²) < 4.78 is 46.0. The Hall–Kier alpha value is -2.44. The van der Waals surface area contributed by atoms with Gasteiger partial charge in [-0.2, -0.15) is 0 Å². The quantitative estimate of drug-likeness (QED) is 0.369. The van der Waals surface area contributed by atoms with Gasteiger partial charge in [-0.3, -0.25) is 4.90 Å². The van der Waals surface area contributed by atoms with E-state index in [2.05, 4.69) is 18.7 Å². The van der Waals surface area contributed by atoms with Crippen LogP contribution in [0.3, 0.4) is 0 Å². The maximum absolute atomic E-state index is 14.8. The monoisotopic (exact) mass is 457 g/mol. The molecule has 4 nitrogen and oxygen atoms in total. The van der Waals surface area contributed by atoms with Crippen LogP contribution in [-0.4, -0.2) is 32.2 Å². The highest BCUT2D eigenvalue weighted by molar-refractivity contribution is 7.90. The molecule has 0 aliphatic rings. The highest BCUT2D eigenvalue weighted by Gasteiger charge is 2.20. The number of nitrogens with zero attached hydrogens (tertiary/aromatic N) is 1. The molecule has 0 radical (unpaired) electrons. The van der Waals surface area contributed by atoms with E-state index >= 15 is 0 Å². The smallest absolute Gasteiger partial charge is 0.154 e. The lowest BCUT2D eigenvalue weighted by Gasteiger charge is -2.22. The molecule has 3 aromatic carbocycles. The maximum atomic E-state index is 14.8. The van der Waals surface area contributed by atoms with Crippen molar-refractivity contribution in [1.29, 1.82) is 0 Å².